The maximum Gasteiger partial charge on any atom is 0.280 e. The molecule has 2 aromatic heterocycles. The number of benzene rings is 3. The molecule has 1 amide bonds. The lowest BCUT2D eigenvalue weighted by atomic mass is 10.1. The Labute approximate surface area is 196 Å². The van der Waals surface area contributed by atoms with Gasteiger partial charge in [-0.25, -0.2) is 4.68 Å². The number of aryl methyl sites for hydroxylation is 2. The molecule has 7 heteroatoms. The lowest BCUT2D eigenvalue weighted by Crippen LogP contribution is -2.22. The predicted molar refractivity (Wildman–Crippen MR) is 133 cm³/mol. The monoisotopic (exact) mass is 452 g/mol. The van der Waals surface area contributed by atoms with Crippen molar-refractivity contribution in [1.82, 2.24) is 20.1 Å². The van der Waals surface area contributed by atoms with Crippen LogP contribution in [0.2, 0.25) is 0 Å². The van der Waals surface area contributed by atoms with Crippen LogP contribution in [-0.4, -0.2) is 27.8 Å². The molecule has 170 valence electrons. The predicted octanol–water partition coefficient (Wildman–Crippen LogP) is 4.42. The van der Waals surface area contributed by atoms with Crippen molar-refractivity contribution in [2.24, 2.45) is 0 Å². The summed E-state index contributed by atoms with van der Waals surface area (Å²) in [4.78, 5) is 30.4. The third-order valence-corrected chi connectivity index (χ3v) is 6.12. The van der Waals surface area contributed by atoms with Gasteiger partial charge < -0.3 is 10.1 Å². The largest absolute Gasteiger partial charge is 0.497 e. The summed E-state index contributed by atoms with van der Waals surface area (Å²) in [5.41, 5.74) is 5.61. The third-order valence-electron chi connectivity index (χ3n) is 6.12. The first-order valence-corrected chi connectivity index (χ1v) is 11.0. The number of fused-ring (bicyclic) bond motifs is 3. The first kappa shape index (κ1) is 21.5. The van der Waals surface area contributed by atoms with Crippen LogP contribution in [0.4, 0.5) is 0 Å². The highest BCUT2D eigenvalue weighted by Crippen LogP contribution is 2.23. The van der Waals surface area contributed by atoms with Crippen molar-refractivity contribution in [3.63, 3.8) is 0 Å². The Morgan fingerprint density at radius 2 is 1.88 bits per heavy atom. The maximum atomic E-state index is 13.1. The number of carbonyl (C=O) groups excluding carboxylic acids is 1. The zero-order valence-corrected chi connectivity index (χ0v) is 19.2. The van der Waals surface area contributed by atoms with Gasteiger partial charge in [0, 0.05) is 23.7 Å². The number of carbonyl (C=O) groups is 1. The number of hydrogen-bond donors (Lipinski definition) is 2. The summed E-state index contributed by atoms with van der Waals surface area (Å²) in [6.07, 6.45) is 1.58. The summed E-state index contributed by atoms with van der Waals surface area (Å²) >= 11 is 0. The van der Waals surface area contributed by atoms with Crippen molar-refractivity contribution in [3.05, 3.63) is 99.5 Å². The van der Waals surface area contributed by atoms with Crippen LogP contribution in [0.5, 0.6) is 5.75 Å². The second-order valence-electron chi connectivity index (χ2n) is 8.33. The van der Waals surface area contributed by atoms with E-state index in [1.165, 1.54) is 4.68 Å². The van der Waals surface area contributed by atoms with Crippen molar-refractivity contribution in [3.8, 4) is 11.4 Å². The Bertz CT molecular complexity index is 1610. The smallest absolute Gasteiger partial charge is 0.280 e. The maximum absolute atomic E-state index is 13.1. The highest BCUT2D eigenvalue weighted by atomic mass is 16.5. The molecule has 0 aliphatic heterocycles. The summed E-state index contributed by atoms with van der Waals surface area (Å²) in [6, 6.07) is 18.7. The van der Waals surface area contributed by atoms with Gasteiger partial charge in [-0.15, -0.1) is 0 Å². The highest BCUT2D eigenvalue weighted by molar-refractivity contribution is 6.06. The van der Waals surface area contributed by atoms with E-state index in [9.17, 15) is 9.59 Å². The van der Waals surface area contributed by atoms with E-state index in [-0.39, 0.29) is 11.5 Å². The Balaban J connectivity index is 1.51. The molecule has 0 aliphatic carbocycles. The summed E-state index contributed by atoms with van der Waals surface area (Å²) in [5, 5.41) is 7.35. The number of methoxy groups -OCH3 is 1. The van der Waals surface area contributed by atoms with E-state index < -0.39 is 0 Å². The van der Waals surface area contributed by atoms with Crippen molar-refractivity contribution in [2.75, 3.05) is 7.11 Å². The van der Waals surface area contributed by atoms with Crippen molar-refractivity contribution in [2.45, 2.75) is 20.4 Å². The van der Waals surface area contributed by atoms with E-state index in [2.05, 4.69) is 15.4 Å². The van der Waals surface area contributed by atoms with Gasteiger partial charge in [-0.05, 0) is 73.0 Å². The Kier molecular flexibility index (Phi) is 5.37. The molecule has 2 N–H and O–H groups in total. The number of amides is 1. The van der Waals surface area contributed by atoms with Gasteiger partial charge in [-0.3, -0.25) is 19.7 Å². The van der Waals surface area contributed by atoms with Gasteiger partial charge in [0.25, 0.3) is 11.5 Å². The number of nitrogens with zero attached hydrogens (tertiary/aromatic N) is 2. The fraction of sp³-hybridized carbons (Fsp3) is 0.148. The Morgan fingerprint density at radius 1 is 1.03 bits per heavy atom. The number of aromatic nitrogens is 3. The van der Waals surface area contributed by atoms with Gasteiger partial charge in [0.2, 0.25) is 0 Å². The number of pyridine rings is 1. The molecule has 0 radical (unpaired) electrons. The topological polar surface area (TPSA) is 89.0 Å². The molecule has 7 nitrogen and oxygen atoms in total. The van der Waals surface area contributed by atoms with Crippen LogP contribution in [0.25, 0.3) is 27.5 Å². The molecule has 0 saturated heterocycles. The first-order chi connectivity index (χ1) is 16.4. The minimum absolute atomic E-state index is 0.180. The van der Waals surface area contributed by atoms with Crippen molar-refractivity contribution < 1.29 is 9.53 Å². The average molecular weight is 453 g/mol. The number of rotatable bonds is 5. The van der Waals surface area contributed by atoms with E-state index in [0.29, 0.717) is 33.9 Å². The number of ether oxygens (including phenoxy) is 1. The highest BCUT2D eigenvalue weighted by Gasteiger charge is 2.14. The molecule has 0 atom stereocenters. The van der Waals surface area contributed by atoms with Crippen LogP contribution < -0.4 is 15.6 Å². The molecule has 0 saturated carbocycles. The quantitative estimate of drug-likeness (QED) is 0.413. The number of aromatic amines is 1. The van der Waals surface area contributed by atoms with Gasteiger partial charge in [-0.1, -0.05) is 18.2 Å². The molecule has 0 aliphatic rings. The van der Waals surface area contributed by atoms with E-state index in [4.69, 9.17) is 4.74 Å². The molecule has 0 fully saturated rings. The molecule has 0 spiro atoms. The minimum Gasteiger partial charge on any atom is -0.497 e. The van der Waals surface area contributed by atoms with E-state index >= 15 is 0 Å². The molecule has 5 rings (SSSR count). The molecule has 0 bridgehead atoms. The van der Waals surface area contributed by atoms with Gasteiger partial charge in [0.15, 0.2) is 0 Å². The Hall–Kier alpha value is -4.39. The molecule has 0 unspecified atom stereocenters. The molecular formula is C27H24N4O3. The number of nitrogens with one attached hydrogen (secondary N) is 2. The fourth-order valence-corrected chi connectivity index (χ4v) is 4.01. The first-order valence-electron chi connectivity index (χ1n) is 11.0. The van der Waals surface area contributed by atoms with Gasteiger partial charge in [-0.2, -0.15) is 0 Å². The van der Waals surface area contributed by atoms with Gasteiger partial charge in [0.1, 0.15) is 5.75 Å². The molecule has 3 aromatic carbocycles. The molecule has 2 heterocycles. The lowest BCUT2D eigenvalue weighted by molar-refractivity contribution is 0.0951. The lowest BCUT2D eigenvalue weighted by Gasteiger charge is -2.08. The molecule has 5 aromatic rings. The zero-order valence-electron chi connectivity index (χ0n) is 19.2. The number of hydrogen-bond acceptors (Lipinski definition) is 4. The van der Waals surface area contributed by atoms with Crippen molar-refractivity contribution in [1.29, 1.82) is 0 Å². The molecule has 34 heavy (non-hydrogen) atoms. The van der Waals surface area contributed by atoms with Crippen LogP contribution in [-0.2, 0) is 6.54 Å². The SMILES string of the molecule is COc1cccc(CNC(=O)c2ccc3ncc4c(=O)n(-c5ccc(C)c(C)c5)[nH]c4c3c2)c1. The van der Waals surface area contributed by atoms with Gasteiger partial charge >= 0.3 is 0 Å². The second-order valence-corrected chi connectivity index (χ2v) is 8.33. The van der Waals surface area contributed by atoms with E-state index in [1.807, 2.05) is 56.3 Å². The molecular weight excluding hydrogens is 428 g/mol. The van der Waals surface area contributed by atoms with Crippen LogP contribution in [0.15, 0.2) is 71.7 Å². The third kappa shape index (κ3) is 3.81. The summed E-state index contributed by atoms with van der Waals surface area (Å²) in [5.74, 6) is 0.529. The van der Waals surface area contributed by atoms with Crippen LogP contribution in [0.1, 0.15) is 27.0 Å². The summed E-state index contributed by atoms with van der Waals surface area (Å²) in [6.45, 7) is 4.42. The van der Waals surface area contributed by atoms with Gasteiger partial charge in [0.05, 0.1) is 29.2 Å². The average Bonchev–Trinajstić information content (AvgIpc) is 3.20. The van der Waals surface area contributed by atoms with Crippen LogP contribution in [0.3, 0.4) is 0 Å². The zero-order chi connectivity index (χ0) is 23.8. The minimum atomic E-state index is -0.210. The van der Waals surface area contributed by atoms with Crippen molar-refractivity contribution >= 4 is 27.7 Å². The van der Waals surface area contributed by atoms with Crippen LogP contribution >= 0.6 is 0 Å². The van der Waals surface area contributed by atoms with E-state index in [0.717, 1.165) is 28.1 Å². The number of H-pyrrole nitrogens is 1. The summed E-state index contributed by atoms with van der Waals surface area (Å²) in [7, 11) is 1.61. The second kappa shape index (κ2) is 8.51. The van der Waals surface area contributed by atoms with Crippen LogP contribution in [0, 0.1) is 13.8 Å². The fourth-order valence-electron chi connectivity index (χ4n) is 4.01. The normalized spacial score (nSPS) is 11.1. The summed E-state index contributed by atoms with van der Waals surface area (Å²) < 4.78 is 6.76. The standard InChI is InChI=1S/C27H24N4O3/c1-16-7-9-20(11-17(16)2)31-27(33)23-15-28-24-10-8-19(13-22(24)25(23)30-31)26(32)29-14-18-5-4-6-21(12-18)34-3/h4-13,15,30H,14H2,1-3H3,(H,29,32). The Morgan fingerprint density at radius 3 is 2.68 bits per heavy atom. The van der Waals surface area contributed by atoms with E-state index in [1.54, 1.807) is 31.5 Å².